The molecular weight excluding hydrogens is 394 g/mol. The van der Waals surface area contributed by atoms with Crippen molar-refractivity contribution >= 4 is 23.0 Å². The van der Waals surface area contributed by atoms with E-state index in [1.807, 2.05) is 19.1 Å². The molecule has 0 fully saturated rings. The third-order valence-corrected chi connectivity index (χ3v) is 5.50. The Hall–Kier alpha value is -2.31. The Kier molecular flexibility index (Phi) is 9.40. The van der Waals surface area contributed by atoms with E-state index in [9.17, 15) is 0 Å². The van der Waals surface area contributed by atoms with Gasteiger partial charge >= 0.3 is 0 Å². The molecule has 0 aliphatic rings. The maximum Gasteiger partial charge on any atom is 0.173 e. The number of nitrogens with zero attached hydrogens (tertiary/aromatic N) is 1. The van der Waals surface area contributed by atoms with Crippen molar-refractivity contribution < 1.29 is 14.4 Å². The van der Waals surface area contributed by atoms with E-state index in [0.29, 0.717) is 13.2 Å². The van der Waals surface area contributed by atoms with Gasteiger partial charge < -0.3 is 24.6 Å². The van der Waals surface area contributed by atoms with E-state index in [1.54, 1.807) is 7.11 Å². The van der Waals surface area contributed by atoms with E-state index in [4.69, 9.17) is 21.7 Å². The molecule has 5 nitrogen and oxygen atoms in total. The number of aryl methyl sites for hydroxylation is 1. The number of rotatable bonds is 10. The van der Waals surface area contributed by atoms with Crippen LogP contribution in [-0.2, 0) is 6.54 Å². The molecule has 0 atom stereocenters. The number of nitrogens with one attached hydrogen (secondary N) is 2. The van der Waals surface area contributed by atoms with Crippen molar-refractivity contribution in [3.05, 3.63) is 53.1 Å². The van der Waals surface area contributed by atoms with Crippen LogP contribution in [0.15, 0.2) is 36.4 Å². The minimum absolute atomic E-state index is 0.610. The van der Waals surface area contributed by atoms with Gasteiger partial charge in [0, 0.05) is 25.2 Å². The number of ether oxygens (including phenoxy) is 2. The van der Waals surface area contributed by atoms with Gasteiger partial charge in [0.2, 0.25) is 0 Å². The standard InChI is InChI=1S/C24H35N3O2S/c1-7-29-22-13-12-20(16-23(22)28-6)17-27(15-9-14-26(4)5)24(30)25-21-11-8-10-18(2)19(21)3/h8,10-13,16H,7,9,14-15,17H2,1-6H3,(H,25,30)/p+1. The smallest absolute Gasteiger partial charge is 0.173 e. The van der Waals surface area contributed by atoms with Crippen molar-refractivity contribution in [3.63, 3.8) is 0 Å². The first-order valence-electron chi connectivity index (χ1n) is 10.6. The van der Waals surface area contributed by atoms with E-state index in [-0.39, 0.29) is 0 Å². The summed E-state index contributed by atoms with van der Waals surface area (Å²) in [6.45, 7) is 9.51. The van der Waals surface area contributed by atoms with Gasteiger partial charge in [0.25, 0.3) is 0 Å². The summed E-state index contributed by atoms with van der Waals surface area (Å²) in [4.78, 5) is 3.67. The van der Waals surface area contributed by atoms with E-state index in [0.717, 1.165) is 47.4 Å². The molecule has 0 heterocycles. The van der Waals surface area contributed by atoms with Crippen LogP contribution in [0.3, 0.4) is 0 Å². The lowest BCUT2D eigenvalue weighted by molar-refractivity contribution is -0.858. The van der Waals surface area contributed by atoms with Gasteiger partial charge in [0.05, 0.1) is 34.4 Å². The monoisotopic (exact) mass is 430 g/mol. The van der Waals surface area contributed by atoms with Crippen molar-refractivity contribution in [2.75, 3.05) is 46.2 Å². The highest BCUT2D eigenvalue weighted by molar-refractivity contribution is 7.80. The lowest BCUT2D eigenvalue weighted by atomic mass is 10.1. The maximum atomic E-state index is 5.82. The number of anilines is 1. The van der Waals surface area contributed by atoms with Gasteiger partial charge in [-0.15, -0.1) is 0 Å². The topological polar surface area (TPSA) is 38.2 Å². The van der Waals surface area contributed by atoms with Crippen molar-refractivity contribution in [2.45, 2.75) is 33.7 Å². The van der Waals surface area contributed by atoms with Crippen molar-refractivity contribution in [2.24, 2.45) is 0 Å². The second kappa shape index (κ2) is 11.8. The molecule has 2 aromatic carbocycles. The first-order valence-corrected chi connectivity index (χ1v) is 11.0. The normalized spacial score (nSPS) is 10.8. The van der Waals surface area contributed by atoms with Crippen LogP contribution in [0.4, 0.5) is 5.69 Å². The van der Waals surface area contributed by atoms with Crippen molar-refractivity contribution in [1.29, 1.82) is 0 Å². The lowest BCUT2D eigenvalue weighted by Crippen LogP contribution is -3.05. The fraction of sp³-hybridized carbons (Fsp3) is 0.458. The summed E-state index contributed by atoms with van der Waals surface area (Å²) < 4.78 is 11.2. The van der Waals surface area contributed by atoms with Gasteiger partial charge in [-0.3, -0.25) is 0 Å². The highest BCUT2D eigenvalue weighted by atomic mass is 32.1. The number of thiocarbonyl (C=S) groups is 1. The first-order chi connectivity index (χ1) is 14.3. The first kappa shape index (κ1) is 24.0. The van der Waals surface area contributed by atoms with Crippen LogP contribution in [0.1, 0.15) is 30.0 Å². The average molecular weight is 431 g/mol. The van der Waals surface area contributed by atoms with Crippen molar-refractivity contribution in [3.8, 4) is 11.5 Å². The zero-order chi connectivity index (χ0) is 22.1. The molecule has 0 bridgehead atoms. The largest absolute Gasteiger partial charge is 0.493 e. The third-order valence-electron chi connectivity index (χ3n) is 5.14. The molecule has 0 aliphatic carbocycles. The molecule has 0 saturated carbocycles. The molecule has 2 aromatic rings. The number of quaternary nitrogens is 1. The fourth-order valence-corrected chi connectivity index (χ4v) is 3.53. The fourth-order valence-electron chi connectivity index (χ4n) is 3.26. The van der Waals surface area contributed by atoms with Crippen LogP contribution in [0.5, 0.6) is 11.5 Å². The minimum Gasteiger partial charge on any atom is -0.493 e. The second-order valence-electron chi connectivity index (χ2n) is 7.83. The van der Waals surface area contributed by atoms with E-state index < -0.39 is 0 Å². The molecule has 30 heavy (non-hydrogen) atoms. The number of benzene rings is 2. The van der Waals surface area contributed by atoms with Crippen LogP contribution < -0.4 is 19.7 Å². The summed E-state index contributed by atoms with van der Waals surface area (Å²) in [7, 11) is 6.02. The van der Waals surface area contributed by atoms with Crippen LogP contribution >= 0.6 is 12.2 Å². The minimum atomic E-state index is 0.610. The zero-order valence-electron chi connectivity index (χ0n) is 19.2. The molecule has 0 aromatic heterocycles. The summed E-state index contributed by atoms with van der Waals surface area (Å²) in [6, 6.07) is 12.4. The Bertz CT molecular complexity index is 839. The average Bonchev–Trinajstić information content (AvgIpc) is 2.71. The Morgan fingerprint density at radius 1 is 1.13 bits per heavy atom. The van der Waals surface area contributed by atoms with Gasteiger partial charge in [-0.25, -0.2) is 0 Å². The molecule has 0 aliphatic heterocycles. The summed E-state index contributed by atoms with van der Waals surface area (Å²) in [5.74, 6) is 1.52. The van der Waals surface area contributed by atoms with Gasteiger partial charge in [-0.1, -0.05) is 18.2 Å². The Labute approximate surface area is 187 Å². The quantitative estimate of drug-likeness (QED) is 0.565. The zero-order valence-corrected chi connectivity index (χ0v) is 20.0. The number of hydrogen-bond acceptors (Lipinski definition) is 3. The SMILES string of the molecule is CCOc1ccc(CN(CCC[NH+](C)C)C(=S)Nc2cccc(C)c2C)cc1OC. The van der Waals surface area contributed by atoms with Gasteiger partial charge in [-0.2, -0.15) is 0 Å². The highest BCUT2D eigenvalue weighted by Gasteiger charge is 2.14. The predicted molar refractivity (Wildman–Crippen MR) is 129 cm³/mol. The Morgan fingerprint density at radius 2 is 1.90 bits per heavy atom. The summed E-state index contributed by atoms with van der Waals surface area (Å²) in [5.41, 5.74) is 4.67. The second-order valence-corrected chi connectivity index (χ2v) is 8.21. The molecule has 0 saturated heterocycles. The maximum absolute atomic E-state index is 5.82. The summed E-state index contributed by atoms with van der Waals surface area (Å²) in [6.07, 6.45) is 1.06. The summed E-state index contributed by atoms with van der Waals surface area (Å²) >= 11 is 5.82. The van der Waals surface area contributed by atoms with Crippen molar-refractivity contribution in [1.82, 2.24) is 4.90 Å². The van der Waals surface area contributed by atoms with E-state index in [1.165, 1.54) is 16.0 Å². The predicted octanol–water partition coefficient (Wildman–Crippen LogP) is 3.44. The third kappa shape index (κ3) is 6.89. The number of methoxy groups -OCH3 is 1. The molecule has 6 heteroatoms. The van der Waals surface area contributed by atoms with E-state index >= 15 is 0 Å². The molecule has 2 rings (SSSR count). The molecule has 0 radical (unpaired) electrons. The molecule has 0 spiro atoms. The van der Waals surface area contributed by atoms with Gasteiger partial charge in [0.15, 0.2) is 16.6 Å². The number of hydrogen-bond donors (Lipinski definition) is 2. The Morgan fingerprint density at radius 3 is 2.57 bits per heavy atom. The molecule has 2 N–H and O–H groups in total. The van der Waals surface area contributed by atoms with Crippen LogP contribution in [-0.4, -0.2) is 50.9 Å². The van der Waals surface area contributed by atoms with Gasteiger partial charge in [-0.05, 0) is 67.9 Å². The molecule has 164 valence electrons. The van der Waals surface area contributed by atoms with Crippen LogP contribution in [0.25, 0.3) is 0 Å². The highest BCUT2D eigenvalue weighted by Crippen LogP contribution is 2.28. The van der Waals surface area contributed by atoms with Gasteiger partial charge in [0.1, 0.15) is 0 Å². The van der Waals surface area contributed by atoms with Crippen LogP contribution in [0.2, 0.25) is 0 Å². The lowest BCUT2D eigenvalue weighted by Gasteiger charge is -2.27. The molecular formula is C24H36N3O2S+. The Balaban J connectivity index is 2.19. The molecule has 0 unspecified atom stereocenters. The van der Waals surface area contributed by atoms with E-state index in [2.05, 4.69) is 62.4 Å². The molecule has 0 amide bonds. The van der Waals surface area contributed by atoms with Crippen LogP contribution in [0, 0.1) is 13.8 Å². The summed E-state index contributed by atoms with van der Waals surface area (Å²) in [5, 5.41) is 4.21.